The number of rotatable bonds is 6. The Bertz CT molecular complexity index is 184. The van der Waals surface area contributed by atoms with Gasteiger partial charge in [0, 0.05) is 13.0 Å². The van der Waals surface area contributed by atoms with Crippen molar-refractivity contribution < 1.29 is 9.53 Å². The smallest absolute Gasteiger partial charge is 0.309 e. The topological polar surface area (TPSA) is 38.3 Å². The van der Waals surface area contributed by atoms with E-state index in [9.17, 15) is 4.79 Å². The Kier molecular flexibility index (Phi) is 7.04. The van der Waals surface area contributed by atoms with E-state index in [2.05, 4.69) is 16.0 Å². The standard InChI is InChI=1S/C10H17NO2/c1-4-5-6-7-11-8-9(2)10(12)13-3/h1,9,11H,5-8H2,2-3H3. The van der Waals surface area contributed by atoms with Crippen molar-refractivity contribution in [1.82, 2.24) is 5.32 Å². The fourth-order valence-corrected chi connectivity index (χ4v) is 0.919. The number of unbranched alkanes of at least 4 members (excludes halogenated alkanes) is 1. The van der Waals surface area contributed by atoms with Crippen molar-refractivity contribution in [3.8, 4) is 12.3 Å². The van der Waals surface area contributed by atoms with E-state index in [-0.39, 0.29) is 11.9 Å². The fourth-order valence-electron chi connectivity index (χ4n) is 0.919. The van der Waals surface area contributed by atoms with Gasteiger partial charge in [-0.05, 0) is 13.0 Å². The average Bonchev–Trinajstić information content (AvgIpc) is 2.16. The van der Waals surface area contributed by atoms with E-state index >= 15 is 0 Å². The van der Waals surface area contributed by atoms with Crippen LogP contribution in [0.25, 0.3) is 0 Å². The monoisotopic (exact) mass is 183 g/mol. The maximum atomic E-state index is 10.9. The first kappa shape index (κ1) is 12.0. The van der Waals surface area contributed by atoms with Crippen LogP contribution in [0.1, 0.15) is 19.8 Å². The Morgan fingerprint density at radius 3 is 2.92 bits per heavy atom. The molecule has 0 spiro atoms. The Hall–Kier alpha value is -1.01. The van der Waals surface area contributed by atoms with E-state index in [1.165, 1.54) is 7.11 Å². The number of carbonyl (C=O) groups is 1. The number of terminal acetylenes is 1. The van der Waals surface area contributed by atoms with Crippen LogP contribution >= 0.6 is 0 Å². The predicted molar refractivity (Wildman–Crippen MR) is 52.1 cm³/mol. The van der Waals surface area contributed by atoms with Crippen LogP contribution in [0, 0.1) is 18.3 Å². The molecule has 0 aliphatic carbocycles. The molecule has 0 aromatic rings. The number of ether oxygens (including phenoxy) is 1. The van der Waals surface area contributed by atoms with E-state index in [0.29, 0.717) is 6.54 Å². The lowest BCUT2D eigenvalue weighted by Gasteiger charge is -2.09. The predicted octanol–water partition coefficient (Wildman–Crippen LogP) is 0.798. The summed E-state index contributed by atoms with van der Waals surface area (Å²) in [5.41, 5.74) is 0. The second kappa shape index (κ2) is 7.63. The second-order valence-corrected chi connectivity index (χ2v) is 2.94. The molecule has 1 atom stereocenters. The highest BCUT2D eigenvalue weighted by Gasteiger charge is 2.11. The molecule has 0 bridgehead atoms. The lowest BCUT2D eigenvalue weighted by molar-refractivity contribution is -0.144. The molecule has 0 amide bonds. The summed E-state index contributed by atoms with van der Waals surface area (Å²) < 4.78 is 4.58. The van der Waals surface area contributed by atoms with Crippen molar-refractivity contribution in [2.24, 2.45) is 5.92 Å². The molecule has 0 aliphatic rings. The quantitative estimate of drug-likeness (QED) is 0.376. The SMILES string of the molecule is C#CCCCNCC(C)C(=O)OC. The van der Waals surface area contributed by atoms with Crippen LogP contribution < -0.4 is 5.32 Å². The Morgan fingerprint density at radius 1 is 1.69 bits per heavy atom. The van der Waals surface area contributed by atoms with E-state index in [0.717, 1.165) is 19.4 Å². The largest absolute Gasteiger partial charge is 0.469 e. The van der Waals surface area contributed by atoms with Gasteiger partial charge in [0.15, 0.2) is 0 Å². The fraction of sp³-hybridized carbons (Fsp3) is 0.700. The minimum absolute atomic E-state index is 0.0872. The summed E-state index contributed by atoms with van der Waals surface area (Å²) >= 11 is 0. The van der Waals surface area contributed by atoms with Gasteiger partial charge in [0.2, 0.25) is 0 Å². The number of hydrogen-bond acceptors (Lipinski definition) is 3. The molecule has 0 fully saturated rings. The van der Waals surface area contributed by atoms with Crippen LogP contribution in [-0.2, 0) is 9.53 Å². The van der Waals surface area contributed by atoms with Crippen molar-refractivity contribution in [3.63, 3.8) is 0 Å². The number of esters is 1. The van der Waals surface area contributed by atoms with Crippen LogP contribution in [0.3, 0.4) is 0 Å². The minimum Gasteiger partial charge on any atom is -0.469 e. The molecule has 0 saturated heterocycles. The number of methoxy groups -OCH3 is 1. The van der Waals surface area contributed by atoms with E-state index in [1.807, 2.05) is 6.92 Å². The third-order valence-corrected chi connectivity index (χ3v) is 1.73. The van der Waals surface area contributed by atoms with E-state index in [1.54, 1.807) is 0 Å². The van der Waals surface area contributed by atoms with Gasteiger partial charge in [-0.15, -0.1) is 12.3 Å². The lowest BCUT2D eigenvalue weighted by atomic mass is 10.2. The van der Waals surface area contributed by atoms with Gasteiger partial charge >= 0.3 is 5.97 Å². The maximum Gasteiger partial charge on any atom is 0.309 e. The first-order valence-corrected chi connectivity index (χ1v) is 4.44. The second-order valence-electron chi connectivity index (χ2n) is 2.94. The molecule has 0 aliphatic heterocycles. The normalized spacial score (nSPS) is 11.8. The van der Waals surface area contributed by atoms with Gasteiger partial charge in [0.1, 0.15) is 0 Å². The average molecular weight is 183 g/mol. The summed E-state index contributed by atoms with van der Waals surface area (Å²) in [6.45, 7) is 3.34. The van der Waals surface area contributed by atoms with Crippen molar-refractivity contribution in [1.29, 1.82) is 0 Å². The zero-order valence-electron chi connectivity index (χ0n) is 8.30. The van der Waals surface area contributed by atoms with Gasteiger partial charge in [0.05, 0.1) is 13.0 Å². The van der Waals surface area contributed by atoms with Crippen LogP contribution in [0.5, 0.6) is 0 Å². The summed E-state index contributed by atoms with van der Waals surface area (Å²) in [5.74, 6) is 2.29. The highest BCUT2D eigenvalue weighted by molar-refractivity contribution is 5.71. The maximum absolute atomic E-state index is 10.9. The summed E-state index contributed by atoms with van der Waals surface area (Å²) in [6, 6.07) is 0. The van der Waals surface area contributed by atoms with Crippen molar-refractivity contribution in [2.45, 2.75) is 19.8 Å². The van der Waals surface area contributed by atoms with Gasteiger partial charge in [-0.3, -0.25) is 4.79 Å². The molecule has 3 heteroatoms. The highest BCUT2D eigenvalue weighted by atomic mass is 16.5. The molecule has 0 aromatic carbocycles. The van der Waals surface area contributed by atoms with Crippen LogP contribution in [0.4, 0.5) is 0 Å². The molecule has 0 heterocycles. The molecule has 0 aromatic heterocycles. The van der Waals surface area contributed by atoms with Gasteiger partial charge < -0.3 is 10.1 Å². The first-order valence-electron chi connectivity index (χ1n) is 4.44. The molecule has 1 N–H and O–H groups in total. The highest BCUT2D eigenvalue weighted by Crippen LogP contribution is 1.95. The van der Waals surface area contributed by atoms with E-state index < -0.39 is 0 Å². The van der Waals surface area contributed by atoms with Crippen molar-refractivity contribution in [2.75, 3.05) is 20.2 Å². The van der Waals surface area contributed by atoms with Crippen LogP contribution in [0.2, 0.25) is 0 Å². The van der Waals surface area contributed by atoms with E-state index in [4.69, 9.17) is 6.42 Å². The number of carbonyl (C=O) groups excluding carboxylic acids is 1. The molecular weight excluding hydrogens is 166 g/mol. The summed E-state index contributed by atoms with van der Waals surface area (Å²) in [7, 11) is 1.40. The summed E-state index contributed by atoms with van der Waals surface area (Å²) in [4.78, 5) is 10.9. The van der Waals surface area contributed by atoms with Gasteiger partial charge in [-0.25, -0.2) is 0 Å². The minimum atomic E-state index is -0.176. The zero-order chi connectivity index (χ0) is 10.1. The van der Waals surface area contributed by atoms with Crippen LogP contribution in [0.15, 0.2) is 0 Å². The number of nitrogens with one attached hydrogen (secondary N) is 1. The first-order chi connectivity index (χ1) is 6.22. The number of hydrogen-bond donors (Lipinski definition) is 1. The third-order valence-electron chi connectivity index (χ3n) is 1.73. The van der Waals surface area contributed by atoms with Gasteiger partial charge in [-0.1, -0.05) is 6.92 Å². The molecule has 74 valence electrons. The lowest BCUT2D eigenvalue weighted by Crippen LogP contribution is -2.27. The molecule has 3 nitrogen and oxygen atoms in total. The Balaban J connectivity index is 3.32. The van der Waals surface area contributed by atoms with Gasteiger partial charge in [-0.2, -0.15) is 0 Å². The summed E-state index contributed by atoms with van der Waals surface area (Å²) in [5, 5.41) is 3.14. The molecule has 0 radical (unpaired) electrons. The van der Waals surface area contributed by atoms with Crippen molar-refractivity contribution >= 4 is 5.97 Å². The molecule has 0 rings (SSSR count). The van der Waals surface area contributed by atoms with Crippen LogP contribution in [-0.4, -0.2) is 26.2 Å². The Morgan fingerprint density at radius 2 is 2.38 bits per heavy atom. The third kappa shape index (κ3) is 6.18. The van der Waals surface area contributed by atoms with Gasteiger partial charge in [0.25, 0.3) is 0 Å². The Labute approximate surface area is 79.8 Å². The molecule has 13 heavy (non-hydrogen) atoms. The molecular formula is C10H17NO2. The van der Waals surface area contributed by atoms with Crippen molar-refractivity contribution in [3.05, 3.63) is 0 Å². The summed E-state index contributed by atoms with van der Waals surface area (Å²) in [6.07, 6.45) is 6.81. The zero-order valence-corrected chi connectivity index (χ0v) is 8.30. The molecule has 1 unspecified atom stereocenters. The molecule has 0 saturated carbocycles.